The van der Waals surface area contributed by atoms with Crippen molar-refractivity contribution in [2.75, 3.05) is 5.73 Å². The fourth-order valence-corrected chi connectivity index (χ4v) is 3.33. The van der Waals surface area contributed by atoms with E-state index in [0.29, 0.717) is 23.5 Å². The molecule has 4 N–H and O–H groups in total. The number of pyridine rings is 1. The summed E-state index contributed by atoms with van der Waals surface area (Å²) in [6, 6.07) is 8.29. The van der Waals surface area contributed by atoms with Crippen LogP contribution in [0.4, 0.5) is 18.3 Å². The number of alkyl halides is 3. The van der Waals surface area contributed by atoms with E-state index in [2.05, 4.69) is 31.8 Å². The molecule has 0 spiro atoms. The molecule has 0 saturated heterocycles. The first-order valence-corrected chi connectivity index (χ1v) is 9.70. The van der Waals surface area contributed by atoms with Crippen molar-refractivity contribution < 1.29 is 22.7 Å². The van der Waals surface area contributed by atoms with Crippen LogP contribution in [0.1, 0.15) is 34.2 Å². The SMILES string of the molecule is NC(=O)C(c1cccc(OC(F)(F)F)c1)c1ccc(C#CCCc2nnc(N)s2)cn1. The highest BCUT2D eigenvalue weighted by Gasteiger charge is 2.31. The Morgan fingerprint density at radius 2 is 2.03 bits per heavy atom. The van der Waals surface area contributed by atoms with Gasteiger partial charge in [-0.1, -0.05) is 35.3 Å². The first kappa shape index (κ1) is 22.0. The number of carbonyl (C=O) groups is 1. The zero-order valence-corrected chi connectivity index (χ0v) is 16.7. The van der Waals surface area contributed by atoms with Gasteiger partial charge in [0.1, 0.15) is 16.7 Å². The van der Waals surface area contributed by atoms with Crippen LogP contribution in [0.15, 0.2) is 42.6 Å². The van der Waals surface area contributed by atoms with E-state index in [1.807, 2.05) is 0 Å². The molecule has 1 atom stereocenters. The summed E-state index contributed by atoms with van der Waals surface area (Å²) in [5.41, 5.74) is 12.1. The normalized spacial score (nSPS) is 12.0. The van der Waals surface area contributed by atoms with Crippen molar-refractivity contribution in [3.63, 3.8) is 0 Å². The van der Waals surface area contributed by atoms with E-state index < -0.39 is 23.9 Å². The maximum atomic E-state index is 12.5. The van der Waals surface area contributed by atoms with Crippen LogP contribution < -0.4 is 16.2 Å². The Kier molecular flexibility index (Phi) is 6.71. The number of ether oxygens (including phenoxy) is 1. The zero-order chi connectivity index (χ0) is 22.4. The van der Waals surface area contributed by atoms with Crippen LogP contribution in [-0.4, -0.2) is 27.5 Å². The van der Waals surface area contributed by atoms with E-state index in [-0.39, 0.29) is 11.3 Å². The number of aryl methyl sites for hydroxylation is 1. The molecule has 3 aromatic rings. The van der Waals surface area contributed by atoms with Gasteiger partial charge in [0.05, 0.1) is 5.69 Å². The number of nitrogens with two attached hydrogens (primary N) is 2. The van der Waals surface area contributed by atoms with E-state index in [1.54, 1.807) is 12.1 Å². The lowest BCUT2D eigenvalue weighted by Crippen LogP contribution is -2.23. The molecule has 0 radical (unpaired) electrons. The Balaban J connectivity index is 1.72. The standard InChI is InChI=1S/C20H16F3N5O2S/c21-20(22,23)30-14-6-3-5-13(10-14)17(18(24)29)15-9-8-12(11-26-15)4-1-2-7-16-27-28-19(25)31-16/h3,5-6,8-11,17H,2,7H2,(H2,24,29)(H2,25,28). The molecule has 31 heavy (non-hydrogen) atoms. The number of carbonyl (C=O) groups excluding carboxylic acids is 1. The topological polar surface area (TPSA) is 117 Å². The van der Waals surface area contributed by atoms with Crippen molar-refractivity contribution in [3.8, 4) is 17.6 Å². The number of hydrogen-bond donors (Lipinski definition) is 2. The largest absolute Gasteiger partial charge is 0.573 e. The number of halogens is 3. The van der Waals surface area contributed by atoms with Gasteiger partial charge in [0.25, 0.3) is 0 Å². The van der Waals surface area contributed by atoms with Gasteiger partial charge in [-0.15, -0.1) is 23.4 Å². The van der Waals surface area contributed by atoms with Gasteiger partial charge in [-0.3, -0.25) is 9.78 Å². The smallest absolute Gasteiger partial charge is 0.406 e. The third-order valence-electron chi connectivity index (χ3n) is 3.97. The fourth-order valence-electron chi connectivity index (χ4n) is 2.72. The minimum atomic E-state index is -4.85. The summed E-state index contributed by atoms with van der Waals surface area (Å²) in [5.74, 6) is 3.68. The number of primary amides is 1. The maximum absolute atomic E-state index is 12.5. The Bertz CT molecular complexity index is 1120. The third-order valence-corrected chi connectivity index (χ3v) is 4.78. The third kappa shape index (κ3) is 6.42. The highest BCUT2D eigenvalue weighted by molar-refractivity contribution is 7.15. The number of amides is 1. The molecule has 0 bridgehead atoms. The highest BCUT2D eigenvalue weighted by Crippen LogP contribution is 2.29. The second kappa shape index (κ2) is 9.44. The number of aromatic nitrogens is 3. The van der Waals surface area contributed by atoms with E-state index in [9.17, 15) is 18.0 Å². The molecule has 160 valence electrons. The molecule has 0 aliphatic carbocycles. The summed E-state index contributed by atoms with van der Waals surface area (Å²) < 4.78 is 41.3. The Labute approximate surface area is 179 Å². The molecule has 2 heterocycles. The van der Waals surface area contributed by atoms with Gasteiger partial charge in [-0.2, -0.15) is 0 Å². The van der Waals surface area contributed by atoms with Crippen molar-refractivity contribution in [1.82, 2.24) is 15.2 Å². The molecule has 1 amide bonds. The molecule has 3 rings (SSSR count). The first-order chi connectivity index (χ1) is 14.7. The summed E-state index contributed by atoms with van der Waals surface area (Å²) in [6.07, 6.45) is -2.21. The van der Waals surface area contributed by atoms with E-state index in [1.165, 1.54) is 29.7 Å². The van der Waals surface area contributed by atoms with Gasteiger partial charge in [-0.05, 0) is 29.8 Å². The molecular weight excluding hydrogens is 431 g/mol. The predicted octanol–water partition coefficient (Wildman–Crippen LogP) is 3.02. The monoisotopic (exact) mass is 447 g/mol. The van der Waals surface area contributed by atoms with Gasteiger partial charge in [0, 0.05) is 24.6 Å². The van der Waals surface area contributed by atoms with E-state index >= 15 is 0 Å². The summed E-state index contributed by atoms with van der Waals surface area (Å²) in [7, 11) is 0. The average Bonchev–Trinajstić information content (AvgIpc) is 3.10. The van der Waals surface area contributed by atoms with Crippen molar-refractivity contribution in [2.45, 2.75) is 25.1 Å². The molecule has 0 aliphatic rings. The van der Waals surface area contributed by atoms with Gasteiger partial charge in [-0.25, -0.2) is 0 Å². The summed E-state index contributed by atoms with van der Waals surface area (Å²) >= 11 is 1.30. The number of benzene rings is 1. The van der Waals surface area contributed by atoms with Crippen molar-refractivity contribution >= 4 is 22.4 Å². The highest BCUT2D eigenvalue weighted by atomic mass is 32.1. The number of rotatable bonds is 6. The Hall–Kier alpha value is -3.65. The second-order valence-electron chi connectivity index (χ2n) is 6.26. The average molecular weight is 447 g/mol. The fraction of sp³-hybridized carbons (Fsp3) is 0.200. The van der Waals surface area contributed by atoms with Gasteiger partial charge >= 0.3 is 6.36 Å². The number of nitrogens with zero attached hydrogens (tertiary/aromatic N) is 3. The van der Waals surface area contributed by atoms with Crippen LogP contribution >= 0.6 is 11.3 Å². The van der Waals surface area contributed by atoms with Gasteiger partial charge < -0.3 is 16.2 Å². The summed E-state index contributed by atoms with van der Waals surface area (Å²) in [4.78, 5) is 16.2. The van der Waals surface area contributed by atoms with Crippen molar-refractivity contribution in [1.29, 1.82) is 0 Å². The number of hydrogen-bond acceptors (Lipinski definition) is 7. The molecule has 11 heteroatoms. The number of nitrogen functional groups attached to an aromatic ring is 1. The minimum absolute atomic E-state index is 0.233. The van der Waals surface area contributed by atoms with Crippen LogP contribution in [0.25, 0.3) is 0 Å². The van der Waals surface area contributed by atoms with Crippen LogP contribution in [0.3, 0.4) is 0 Å². The van der Waals surface area contributed by atoms with E-state index in [4.69, 9.17) is 11.5 Å². The molecule has 2 aromatic heterocycles. The summed E-state index contributed by atoms with van der Waals surface area (Å²) in [6.45, 7) is 0. The predicted molar refractivity (Wildman–Crippen MR) is 108 cm³/mol. The molecule has 7 nitrogen and oxygen atoms in total. The lowest BCUT2D eigenvalue weighted by atomic mass is 9.94. The molecule has 0 fully saturated rings. The van der Waals surface area contributed by atoms with Gasteiger partial charge in [0.2, 0.25) is 11.0 Å². The molecule has 1 unspecified atom stereocenters. The second-order valence-corrected chi connectivity index (χ2v) is 7.36. The van der Waals surface area contributed by atoms with Crippen LogP contribution in [-0.2, 0) is 11.2 Å². The first-order valence-electron chi connectivity index (χ1n) is 8.89. The lowest BCUT2D eigenvalue weighted by molar-refractivity contribution is -0.274. The molecular formula is C20H16F3N5O2S. The molecule has 1 aromatic carbocycles. The maximum Gasteiger partial charge on any atom is 0.573 e. The van der Waals surface area contributed by atoms with Gasteiger partial charge in [0.15, 0.2) is 0 Å². The van der Waals surface area contributed by atoms with Crippen molar-refractivity contribution in [2.24, 2.45) is 5.73 Å². The molecule has 0 saturated carbocycles. The lowest BCUT2D eigenvalue weighted by Gasteiger charge is -2.15. The Morgan fingerprint density at radius 3 is 2.65 bits per heavy atom. The summed E-state index contributed by atoms with van der Waals surface area (Å²) in [5, 5.41) is 8.84. The minimum Gasteiger partial charge on any atom is -0.406 e. The van der Waals surface area contributed by atoms with E-state index in [0.717, 1.165) is 17.1 Å². The zero-order valence-electron chi connectivity index (χ0n) is 15.9. The van der Waals surface area contributed by atoms with Crippen LogP contribution in [0, 0.1) is 11.8 Å². The molecule has 0 aliphatic heterocycles. The van der Waals surface area contributed by atoms with Crippen molar-refractivity contribution in [3.05, 3.63) is 64.4 Å². The Morgan fingerprint density at radius 1 is 1.23 bits per heavy atom. The quantitative estimate of drug-likeness (QED) is 0.561. The van der Waals surface area contributed by atoms with Crippen LogP contribution in [0.5, 0.6) is 5.75 Å². The number of anilines is 1. The van der Waals surface area contributed by atoms with Crippen LogP contribution in [0.2, 0.25) is 0 Å².